The summed E-state index contributed by atoms with van der Waals surface area (Å²) >= 11 is 12.5. The van der Waals surface area contributed by atoms with Crippen LogP contribution in [0, 0.1) is 0 Å². The first kappa shape index (κ1) is 19.6. The Hall–Kier alpha value is -2.73. The maximum absolute atomic E-state index is 6.37. The summed E-state index contributed by atoms with van der Waals surface area (Å²) in [6.07, 6.45) is 0. The van der Waals surface area contributed by atoms with Crippen LogP contribution < -0.4 is 15.8 Å². The first-order chi connectivity index (χ1) is 14.1. The third-order valence-corrected chi connectivity index (χ3v) is 5.54. The Kier molecular flexibility index (Phi) is 5.62. The van der Waals surface area contributed by atoms with Gasteiger partial charge in [0.1, 0.15) is 5.75 Å². The van der Waals surface area contributed by atoms with Crippen molar-refractivity contribution in [2.24, 2.45) is 5.73 Å². The van der Waals surface area contributed by atoms with Crippen LogP contribution in [0.1, 0.15) is 11.1 Å². The fourth-order valence-corrected chi connectivity index (χ4v) is 3.68. The van der Waals surface area contributed by atoms with Crippen LogP contribution in [0.4, 0.5) is 11.5 Å². The Balaban J connectivity index is 1.81. The lowest BCUT2D eigenvalue weighted by atomic mass is 10.1. The minimum atomic E-state index is 0.447. The van der Waals surface area contributed by atoms with E-state index >= 15 is 0 Å². The average molecular weight is 427 g/mol. The summed E-state index contributed by atoms with van der Waals surface area (Å²) in [4.78, 5) is 0. The molecule has 0 amide bonds. The molecule has 3 aromatic carbocycles. The van der Waals surface area contributed by atoms with E-state index in [-0.39, 0.29) is 0 Å². The molecule has 1 aromatic heterocycles. The van der Waals surface area contributed by atoms with Crippen molar-refractivity contribution in [1.82, 2.24) is 9.78 Å². The number of rotatable bonds is 6. The predicted octanol–water partition coefficient (Wildman–Crippen LogP) is 5.60. The molecule has 5 nitrogen and oxygen atoms in total. The summed E-state index contributed by atoms with van der Waals surface area (Å²) in [7, 11) is 1.65. The molecule has 0 fully saturated rings. The van der Waals surface area contributed by atoms with Crippen LogP contribution in [0.15, 0.2) is 60.7 Å². The van der Waals surface area contributed by atoms with Crippen molar-refractivity contribution in [2.75, 3.05) is 12.4 Å². The van der Waals surface area contributed by atoms with E-state index in [1.165, 1.54) is 0 Å². The molecule has 3 N–H and O–H groups in total. The van der Waals surface area contributed by atoms with E-state index in [1.807, 2.05) is 47.1 Å². The third-order valence-electron chi connectivity index (χ3n) is 4.72. The first-order valence-electron chi connectivity index (χ1n) is 9.13. The van der Waals surface area contributed by atoms with Gasteiger partial charge in [-0.05, 0) is 35.4 Å². The Bertz CT molecular complexity index is 1170. The van der Waals surface area contributed by atoms with E-state index in [0.29, 0.717) is 34.6 Å². The Morgan fingerprint density at radius 2 is 1.79 bits per heavy atom. The first-order valence-corrected chi connectivity index (χ1v) is 9.88. The fourth-order valence-electron chi connectivity index (χ4n) is 3.33. The van der Waals surface area contributed by atoms with Gasteiger partial charge in [0.15, 0.2) is 5.82 Å². The van der Waals surface area contributed by atoms with Gasteiger partial charge >= 0.3 is 0 Å². The number of nitrogens with two attached hydrogens (primary N) is 1. The highest BCUT2D eigenvalue weighted by atomic mass is 35.5. The summed E-state index contributed by atoms with van der Waals surface area (Å²) < 4.78 is 7.53. The summed E-state index contributed by atoms with van der Waals surface area (Å²) in [6.45, 7) is 1.10. The van der Waals surface area contributed by atoms with E-state index in [2.05, 4.69) is 17.4 Å². The standard InChI is InChI=1S/C22H20Cl2N4O/c1-29-19-10-4-9-18-20(19)22(26-17-8-3-7-16(23)21(17)24)27-28(18)13-15-6-2-5-14(11-15)12-25/h2-11H,12-13,25H2,1H3,(H,26,27). The molecule has 0 aliphatic heterocycles. The van der Waals surface area contributed by atoms with Gasteiger partial charge in [-0.25, -0.2) is 0 Å². The van der Waals surface area contributed by atoms with E-state index in [1.54, 1.807) is 13.2 Å². The Morgan fingerprint density at radius 3 is 2.59 bits per heavy atom. The zero-order chi connectivity index (χ0) is 20.4. The molecule has 0 aliphatic carbocycles. The SMILES string of the molecule is COc1cccc2c1c(Nc1cccc(Cl)c1Cl)nn2Cc1cccc(CN)c1. The highest BCUT2D eigenvalue weighted by molar-refractivity contribution is 6.43. The highest BCUT2D eigenvalue weighted by Crippen LogP contribution is 2.37. The molecule has 4 rings (SSSR count). The van der Waals surface area contributed by atoms with Crippen molar-refractivity contribution in [2.45, 2.75) is 13.1 Å². The van der Waals surface area contributed by atoms with Crippen molar-refractivity contribution in [1.29, 1.82) is 0 Å². The molecule has 0 spiro atoms. The van der Waals surface area contributed by atoms with Crippen molar-refractivity contribution in [3.63, 3.8) is 0 Å². The molecule has 0 atom stereocenters. The number of hydrogen-bond donors (Lipinski definition) is 2. The van der Waals surface area contributed by atoms with Crippen LogP contribution in [0.3, 0.4) is 0 Å². The number of nitrogens with one attached hydrogen (secondary N) is 1. The summed E-state index contributed by atoms with van der Waals surface area (Å²) in [5, 5.41) is 9.92. The molecule has 0 bridgehead atoms. The second kappa shape index (κ2) is 8.33. The van der Waals surface area contributed by atoms with Crippen molar-refractivity contribution >= 4 is 45.6 Å². The van der Waals surface area contributed by atoms with Crippen LogP contribution >= 0.6 is 23.2 Å². The van der Waals surface area contributed by atoms with Crippen LogP contribution in [0.5, 0.6) is 5.75 Å². The van der Waals surface area contributed by atoms with E-state index in [0.717, 1.165) is 27.8 Å². The maximum Gasteiger partial charge on any atom is 0.164 e. The number of fused-ring (bicyclic) bond motifs is 1. The molecule has 0 aliphatic rings. The van der Waals surface area contributed by atoms with Gasteiger partial charge in [-0.1, -0.05) is 59.6 Å². The number of methoxy groups -OCH3 is 1. The van der Waals surface area contributed by atoms with Gasteiger partial charge in [0.05, 0.1) is 40.3 Å². The van der Waals surface area contributed by atoms with Gasteiger partial charge in [0, 0.05) is 6.54 Å². The number of nitrogens with zero attached hydrogens (tertiary/aromatic N) is 2. The molecule has 29 heavy (non-hydrogen) atoms. The molecule has 0 saturated carbocycles. The number of ether oxygens (including phenoxy) is 1. The van der Waals surface area contributed by atoms with Crippen LogP contribution in [0.25, 0.3) is 10.9 Å². The minimum Gasteiger partial charge on any atom is -0.496 e. The fraction of sp³-hybridized carbons (Fsp3) is 0.136. The molecular weight excluding hydrogens is 407 g/mol. The van der Waals surface area contributed by atoms with E-state index in [4.69, 9.17) is 38.8 Å². The second-order valence-electron chi connectivity index (χ2n) is 6.61. The number of aromatic nitrogens is 2. The van der Waals surface area contributed by atoms with Gasteiger partial charge in [0.2, 0.25) is 0 Å². The van der Waals surface area contributed by atoms with Crippen LogP contribution in [-0.2, 0) is 13.1 Å². The van der Waals surface area contributed by atoms with Gasteiger partial charge in [-0.15, -0.1) is 0 Å². The van der Waals surface area contributed by atoms with Crippen LogP contribution in [-0.4, -0.2) is 16.9 Å². The monoisotopic (exact) mass is 426 g/mol. The van der Waals surface area contributed by atoms with Gasteiger partial charge < -0.3 is 15.8 Å². The average Bonchev–Trinajstić information content (AvgIpc) is 3.09. The zero-order valence-corrected chi connectivity index (χ0v) is 17.3. The summed E-state index contributed by atoms with van der Waals surface area (Å²) in [6, 6.07) is 19.5. The molecule has 0 unspecified atom stereocenters. The highest BCUT2D eigenvalue weighted by Gasteiger charge is 2.17. The lowest BCUT2D eigenvalue weighted by Crippen LogP contribution is -2.04. The minimum absolute atomic E-state index is 0.447. The van der Waals surface area contributed by atoms with Gasteiger partial charge in [-0.2, -0.15) is 5.10 Å². The number of anilines is 2. The Morgan fingerprint density at radius 1 is 1.03 bits per heavy atom. The van der Waals surface area contributed by atoms with E-state index in [9.17, 15) is 0 Å². The normalized spacial score (nSPS) is 11.0. The Labute approximate surface area is 179 Å². The zero-order valence-electron chi connectivity index (χ0n) is 15.8. The number of hydrogen-bond acceptors (Lipinski definition) is 4. The quantitative estimate of drug-likeness (QED) is 0.420. The van der Waals surface area contributed by atoms with E-state index < -0.39 is 0 Å². The summed E-state index contributed by atoms with van der Waals surface area (Å²) in [5.41, 5.74) is 9.62. The molecule has 148 valence electrons. The van der Waals surface area contributed by atoms with Crippen LogP contribution in [0.2, 0.25) is 10.0 Å². The summed E-state index contributed by atoms with van der Waals surface area (Å²) in [5.74, 6) is 1.38. The molecule has 0 radical (unpaired) electrons. The molecular formula is C22H20Cl2N4O. The lowest BCUT2D eigenvalue weighted by molar-refractivity contribution is 0.420. The molecule has 1 heterocycles. The second-order valence-corrected chi connectivity index (χ2v) is 7.40. The van der Waals surface area contributed by atoms with Gasteiger partial charge in [-0.3, -0.25) is 4.68 Å². The third kappa shape index (κ3) is 3.90. The van der Waals surface area contributed by atoms with Gasteiger partial charge in [0.25, 0.3) is 0 Å². The van der Waals surface area contributed by atoms with Crippen molar-refractivity contribution < 1.29 is 4.74 Å². The smallest absolute Gasteiger partial charge is 0.164 e. The molecule has 0 saturated heterocycles. The number of benzene rings is 3. The van der Waals surface area contributed by atoms with Crippen molar-refractivity contribution in [3.8, 4) is 5.75 Å². The largest absolute Gasteiger partial charge is 0.496 e. The molecule has 4 aromatic rings. The predicted molar refractivity (Wildman–Crippen MR) is 119 cm³/mol. The van der Waals surface area contributed by atoms with Crippen molar-refractivity contribution in [3.05, 3.63) is 81.8 Å². The number of halogens is 2. The topological polar surface area (TPSA) is 65.1 Å². The lowest BCUT2D eigenvalue weighted by Gasteiger charge is -2.08. The molecule has 7 heteroatoms. The maximum atomic E-state index is 6.37.